The molecule has 0 aromatic heterocycles. The lowest BCUT2D eigenvalue weighted by Gasteiger charge is -2.46. The number of hydrogen-bond donors (Lipinski definition) is 0. The maximum absolute atomic E-state index is 12.8. The van der Waals surface area contributed by atoms with Crippen LogP contribution in [0, 0.1) is 0 Å². The second-order valence-corrected chi connectivity index (χ2v) is 6.81. The van der Waals surface area contributed by atoms with E-state index in [0.717, 1.165) is 23.7 Å². The normalized spacial score (nSPS) is 26.0. The smallest absolute Gasteiger partial charge is 0.250 e. The number of carbonyl (C=O) groups is 2. The van der Waals surface area contributed by atoms with Gasteiger partial charge in [-0.15, -0.1) is 0 Å². The first-order valence-electron chi connectivity index (χ1n) is 7.09. The highest BCUT2D eigenvalue weighted by Crippen LogP contribution is 2.35. The van der Waals surface area contributed by atoms with Crippen LogP contribution in [0.4, 0.5) is 5.69 Å². The molecular formula is C15H16BrClN2O2. The van der Waals surface area contributed by atoms with Crippen molar-refractivity contribution in [1.29, 1.82) is 0 Å². The van der Waals surface area contributed by atoms with E-state index in [9.17, 15) is 9.59 Å². The van der Waals surface area contributed by atoms with Gasteiger partial charge in [0.05, 0.1) is 5.69 Å². The maximum Gasteiger partial charge on any atom is 0.250 e. The van der Waals surface area contributed by atoms with Crippen molar-refractivity contribution in [1.82, 2.24) is 4.90 Å². The molecule has 2 aliphatic rings. The van der Waals surface area contributed by atoms with Crippen LogP contribution in [0.25, 0.3) is 0 Å². The molecule has 2 unspecified atom stereocenters. The lowest BCUT2D eigenvalue weighted by atomic mass is 9.95. The molecule has 2 atom stereocenters. The molecule has 21 heavy (non-hydrogen) atoms. The Labute approximate surface area is 137 Å². The first-order chi connectivity index (χ1) is 10.0. The number of rotatable bonds is 1. The number of anilines is 1. The van der Waals surface area contributed by atoms with Gasteiger partial charge in [-0.2, -0.15) is 0 Å². The molecule has 1 aromatic rings. The van der Waals surface area contributed by atoms with Gasteiger partial charge in [-0.25, -0.2) is 0 Å². The molecular weight excluding hydrogens is 356 g/mol. The number of amides is 2. The fraction of sp³-hybridized carbons (Fsp3) is 0.467. The standard InChI is InChI=1S/C15H16BrClN2O2/c1-9-14(20)18-7-3-2-4-12(18)15(21)19(9)13-8-10(17)5-6-11(13)16/h5-6,8-9,12H,2-4,7H2,1H3. The zero-order chi connectivity index (χ0) is 15.1. The van der Waals surface area contributed by atoms with E-state index in [1.165, 1.54) is 0 Å². The van der Waals surface area contributed by atoms with Gasteiger partial charge in [0.25, 0.3) is 5.91 Å². The highest BCUT2D eigenvalue weighted by Gasteiger charge is 2.45. The summed E-state index contributed by atoms with van der Waals surface area (Å²) >= 11 is 9.50. The quantitative estimate of drug-likeness (QED) is 0.760. The van der Waals surface area contributed by atoms with Crippen LogP contribution in [0.15, 0.2) is 22.7 Å². The van der Waals surface area contributed by atoms with Crippen LogP contribution in [0.5, 0.6) is 0 Å². The van der Waals surface area contributed by atoms with Gasteiger partial charge in [0, 0.05) is 16.0 Å². The van der Waals surface area contributed by atoms with Crippen molar-refractivity contribution in [3.8, 4) is 0 Å². The van der Waals surface area contributed by atoms with E-state index in [2.05, 4.69) is 15.9 Å². The van der Waals surface area contributed by atoms with Crippen molar-refractivity contribution in [3.63, 3.8) is 0 Å². The Balaban J connectivity index is 2.03. The molecule has 0 N–H and O–H groups in total. The highest BCUT2D eigenvalue weighted by molar-refractivity contribution is 9.10. The number of piperazine rings is 1. The molecule has 3 rings (SSSR count). The Hall–Kier alpha value is -1.07. The van der Waals surface area contributed by atoms with E-state index in [1.54, 1.807) is 34.9 Å². The fourth-order valence-electron chi connectivity index (χ4n) is 3.15. The Morgan fingerprint density at radius 1 is 1.24 bits per heavy atom. The Morgan fingerprint density at radius 3 is 2.76 bits per heavy atom. The minimum absolute atomic E-state index is 0.00948. The Kier molecular flexibility index (Phi) is 3.97. The summed E-state index contributed by atoms with van der Waals surface area (Å²) in [5, 5.41) is 0.548. The van der Waals surface area contributed by atoms with Gasteiger partial charge in [0.15, 0.2) is 0 Å². The van der Waals surface area contributed by atoms with E-state index in [-0.39, 0.29) is 17.9 Å². The third-order valence-corrected chi connectivity index (χ3v) is 5.13. The van der Waals surface area contributed by atoms with Crippen molar-refractivity contribution in [2.45, 2.75) is 38.3 Å². The van der Waals surface area contributed by atoms with Crippen LogP contribution in [-0.2, 0) is 9.59 Å². The van der Waals surface area contributed by atoms with Crippen LogP contribution < -0.4 is 4.90 Å². The summed E-state index contributed by atoms with van der Waals surface area (Å²) in [7, 11) is 0. The molecule has 4 nitrogen and oxygen atoms in total. The molecule has 1 aromatic carbocycles. The van der Waals surface area contributed by atoms with Gasteiger partial charge >= 0.3 is 0 Å². The molecule has 2 aliphatic heterocycles. The van der Waals surface area contributed by atoms with E-state index in [0.29, 0.717) is 17.3 Å². The van der Waals surface area contributed by atoms with Crippen molar-refractivity contribution in [3.05, 3.63) is 27.7 Å². The Bertz CT molecular complexity index is 607. The van der Waals surface area contributed by atoms with Gasteiger partial charge in [-0.1, -0.05) is 11.6 Å². The molecule has 2 saturated heterocycles. The zero-order valence-electron chi connectivity index (χ0n) is 11.7. The van der Waals surface area contributed by atoms with E-state index in [1.807, 2.05) is 0 Å². The number of hydrogen-bond acceptors (Lipinski definition) is 2. The molecule has 0 saturated carbocycles. The lowest BCUT2D eigenvalue weighted by Crippen LogP contribution is -2.65. The third kappa shape index (κ3) is 2.46. The topological polar surface area (TPSA) is 40.6 Å². The number of nitrogens with zero attached hydrogens (tertiary/aromatic N) is 2. The number of fused-ring (bicyclic) bond motifs is 1. The van der Waals surface area contributed by atoms with Crippen LogP contribution >= 0.6 is 27.5 Å². The molecule has 0 radical (unpaired) electrons. The minimum Gasteiger partial charge on any atom is -0.329 e. The molecule has 0 spiro atoms. The number of piperidine rings is 1. The zero-order valence-corrected chi connectivity index (χ0v) is 14.0. The first kappa shape index (κ1) is 14.9. The van der Waals surface area contributed by atoms with Crippen molar-refractivity contribution >= 4 is 45.0 Å². The molecule has 2 fully saturated rings. The minimum atomic E-state index is -0.499. The summed E-state index contributed by atoms with van der Waals surface area (Å²) in [5.74, 6) is 0.0101. The molecule has 2 amide bonds. The lowest BCUT2D eigenvalue weighted by molar-refractivity contribution is -0.147. The van der Waals surface area contributed by atoms with Crippen LogP contribution in [0.2, 0.25) is 5.02 Å². The van der Waals surface area contributed by atoms with Gasteiger partial charge in [-0.05, 0) is 60.3 Å². The number of benzene rings is 1. The summed E-state index contributed by atoms with van der Waals surface area (Å²) in [5.41, 5.74) is 0.665. The summed E-state index contributed by atoms with van der Waals surface area (Å²) in [4.78, 5) is 28.7. The van der Waals surface area contributed by atoms with Crippen LogP contribution in [0.1, 0.15) is 26.2 Å². The van der Waals surface area contributed by atoms with Gasteiger partial charge in [0.1, 0.15) is 12.1 Å². The molecule has 6 heteroatoms. The van der Waals surface area contributed by atoms with E-state index >= 15 is 0 Å². The molecule has 2 heterocycles. The van der Waals surface area contributed by atoms with Crippen molar-refractivity contribution in [2.75, 3.05) is 11.4 Å². The van der Waals surface area contributed by atoms with Crippen LogP contribution in [0.3, 0.4) is 0 Å². The molecule has 0 aliphatic carbocycles. The molecule has 112 valence electrons. The van der Waals surface area contributed by atoms with E-state index in [4.69, 9.17) is 11.6 Å². The highest BCUT2D eigenvalue weighted by atomic mass is 79.9. The van der Waals surface area contributed by atoms with Gasteiger partial charge in [-0.3, -0.25) is 14.5 Å². The second-order valence-electron chi connectivity index (χ2n) is 5.52. The average Bonchev–Trinajstić information content (AvgIpc) is 2.49. The SMILES string of the molecule is CC1C(=O)N2CCCCC2C(=O)N1c1cc(Cl)ccc1Br. The largest absolute Gasteiger partial charge is 0.329 e. The van der Waals surface area contributed by atoms with Gasteiger partial charge < -0.3 is 4.90 Å². The molecule has 0 bridgehead atoms. The van der Waals surface area contributed by atoms with Crippen molar-refractivity contribution in [2.24, 2.45) is 0 Å². The average molecular weight is 372 g/mol. The van der Waals surface area contributed by atoms with E-state index < -0.39 is 6.04 Å². The Morgan fingerprint density at radius 2 is 2.00 bits per heavy atom. The number of halogens is 2. The second kappa shape index (κ2) is 5.61. The van der Waals surface area contributed by atoms with Crippen LogP contribution in [-0.4, -0.2) is 35.3 Å². The first-order valence-corrected chi connectivity index (χ1v) is 8.26. The predicted molar refractivity (Wildman–Crippen MR) is 85.5 cm³/mol. The predicted octanol–water partition coefficient (Wildman–Crippen LogP) is 3.22. The summed E-state index contributed by atoms with van der Waals surface area (Å²) in [6, 6.07) is 4.46. The van der Waals surface area contributed by atoms with Gasteiger partial charge in [0.2, 0.25) is 5.91 Å². The van der Waals surface area contributed by atoms with Crippen molar-refractivity contribution < 1.29 is 9.59 Å². The number of carbonyl (C=O) groups excluding carboxylic acids is 2. The fourth-order valence-corrected chi connectivity index (χ4v) is 3.76. The monoisotopic (exact) mass is 370 g/mol. The summed E-state index contributed by atoms with van der Waals surface area (Å²) in [6.07, 6.45) is 2.70. The third-order valence-electron chi connectivity index (χ3n) is 4.22. The summed E-state index contributed by atoms with van der Waals surface area (Å²) < 4.78 is 0.768. The summed E-state index contributed by atoms with van der Waals surface area (Å²) in [6.45, 7) is 2.46. The maximum atomic E-state index is 12.8.